The summed E-state index contributed by atoms with van der Waals surface area (Å²) in [6.45, 7) is 2.03. The van der Waals surface area contributed by atoms with Crippen molar-refractivity contribution in [2.24, 2.45) is 0 Å². The molecular formula is C18H20F2N2O. The molecule has 2 aromatic rings. The van der Waals surface area contributed by atoms with Crippen LogP contribution in [0.15, 0.2) is 48.5 Å². The number of rotatable bonds is 5. The molecule has 0 radical (unpaired) electrons. The fourth-order valence-electron chi connectivity index (χ4n) is 2.30. The van der Waals surface area contributed by atoms with Gasteiger partial charge >= 0.3 is 0 Å². The highest BCUT2D eigenvalue weighted by atomic mass is 19.2. The number of hydrogen-bond donors (Lipinski definition) is 0. The van der Waals surface area contributed by atoms with E-state index in [2.05, 4.69) is 0 Å². The van der Waals surface area contributed by atoms with Crippen LogP contribution in [0.25, 0.3) is 0 Å². The van der Waals surface area contributed by atoms with Gasteiger partial charge in [0.2, 0.25) is 5.91 Å². The van der Waals surface area contributed by atoms with Gasteiger partial charge in [0.25, 0.3) is 0 Å². The lowest BCUT2D eigenvalue weighted by Crippen LogP contribution is -2.38. The van der Waals surface area contributed by atoms with Crippen LogP contribution in [0.2, 0.25) is 0 Å². The molecule has 122 valence electrons. The molecule has 1 amide bonds. The lowest BCUT2D eigenvalue weighted by Gasteiger charge is -2.28. The van der Waals surface area contributed by atoms with Gasteiger partial charge in [0.15, 0.2) is 11.6 Å². The first-order valence-corrected chi connectivity index (χ1v) is 7.37. The molecule has 0 aliphatic carbocycles. The third kappa shape index (κ3) is 4.06. The van der Waals surface area contributed by atoms with Gasteiger partial charge in [-0.15, -0.1) is 0 Å². The van der Waals surface area contributed by atoms with E-state index in [0.717, 1.165) is 17.7 Å². The molecular weight excluding hydrogens is 298 g/mol. The number of likely N-dealkylation sites (N-methyl/N-ethyl adjacent to an activating group) is 2. The van der Waals surface area contributed by atoms with Crippen LogP contribution in [0.5, 0.6) is 0 Å². The Bertz CT molecular complexity index is 676. The molecule has 0 fully saturated rings. The zero-order chi connectivity index (χ0) is 17.0. The summed E-state index contributed by atoms with van der Waals surface area (Å²) < 4.78 is 26.3. The van der Waals surface area contributed by atoms with Crippen LogP contribution >= 0.6 is 0 Å². The van der Waals surface area contributed by atoms with Crippen LogP contribution in [0.4, 0.5) is 14.5 Å². The minimum atomic E-state index is -0.923. The van der Waals surface area contributed by atoms with Gasteiger partial charge in [-0.3, -0.25) is 4.79 Å². The normalized spacial score (nSPS) is 11.9. The Morgan fingerprint density at radius 1 is 1.04 bits per heavy atom. The SMILES string of the molecule is C[C@H](c1ccccc1)N(C)C(=O)CN(C)c1ccc(F)c(F)c1. The lowest BCUT2D eigenvalue weighted by atomic mass is 10.1. The molecule has 0 unspecified atom stereocenters. The van der Waals surface area contributed by atoms with E-state index in [-0.39, 0.29) is 18.5 Å². The molecule has 0 aliphatic rings. The smallest absolute Gasteiger partial charge is 0.242 e. The highest BCUT2D eigenvalue weighted by molar-refractivity contribution is 5.81. The highest BCUT2D eigenvalue weighted by Gasteiger charge is 2.19. The van der Waals surface area contributed by atoms with Crippen molar-refractivity contribution < 1.29 is 13.6 Å². The number of halogens is 2. The zero-order valence-corrected chi connectivity index (χ0v) is 13.5. The quantitative estimate of drug-likeness (QED) is 0.840. The Labute approximate surface area is 135 Å². The Morgan fingerprint density at radius 3 is 2.30 bits per heavy atom. The molecule has 0 N–H and O–H groups in total. The van der Waals surface area contributed by atoms with Gasteiger partial charge in [0, 0.05) is 25.8 Å². The minimum absolute atomic E-state index is 0.0675. The van der Waals surface area contributed by atoms with Crippen molar-refractivity contribution in [2.75, 3.05) is 25.5 Å². The third-order valence-corrected chi connectivity index (χ3v) is 3.97. The summed E-state index contributed by atoms with van der Waals surface area (Å²) in [4.78, 5) is 15.7. The number of nitrogens with zero attached hydrogens (tertiary/aromatic N) is 2. The van der Waals surface area contributed by atoms with Crippen molar-refractivity contribution in [3.05, 3.63) is 65.7 Å². The van der Waals surface area contributed by atoms with Gasteiger partial charge in [0.05, 0.1) is 12.6 Å². The molecule has 0 bridgehead atoms. The summed E-state index contributed by atoms with van der Waals surface area (Å²) in [5.41, 5.74) is 1.50. The van der Waals surface area contributed by atoms with Crippen LogP contribution in [-0.4, -0.2) is 31.4 Å². The second kappa shape index (κ2) is 7.22. The van der Waals surface area contributed by atoms with Gasteiger partial charge in [-0.1, -0.05) is 30.3 Å². The number of amides is 1. The average molecular weight is 318 g/mol. The summed E-state index contributed by atoms with van der Waals surface area (Å²) >= 11 is 0. The molecule has 1 atom stereocenters. The van der Waals surface area contributed by atoms with Gasteiger partial charge in [-0.2, -0.15) is 0 Å². The molecule has 0 saturated carbocycles. The van der Waals surface area contributed by atoms with Gasteiger partial charge in [-0.25, -0.2) is 8.78 Å². The topological polar surface area (TPSA) is 23.6 Å². The summed E-state index contributed by atoms with van der Waals surface area (Å²) in [6.07, 6.45) is 0. The number of anilines is 1. The summed E-state index contributed by atoms with van der Waals surface area (Å²) in [5.74, 6) is -1.93. The Kier molecular flexibility index (Phi) is 5.32. The summed E-state index contributed by atoms with van der Waals surface area (Å²) in [6, 6.07) is 13.2. The maximum absolute atomic E-state index is 13.3. The van der Waals surface area contributed by atoms with E-state index in [9.17, 15) is 13.6 Å². The van der Waals surface area contributed by atoms with E-state index >= 15 is 0 Å². The van der Waals surface area contributed by atoms with Crippen molar-refractivity contribution in [2.45, 2.75) is 13.0 Å². The monoisotopic (exact) mass is 318 g/mol. The van der Waals surface area contributed by atoms with Crippen molar-refractivity contribution >= 4 is 11.6 Å². The molecule has 3 nitrogen and oxygen atoms in total. The van der Waals surface area contributed by atoms with Crippen molar-refractivity contribution in [3.63, 3.8) is 0 Å². The molecule has 0 aromatic heterocycles. The summed E-state index contributed by atoms with van der Waals surface area (Å²) in [5, 5.41) is 0. The predicted octanol–water partition coefficient (Wildman–Crippen LogP) is 3.62. The van der Waals surface area contributed by atoms with Crippen LogP contribution in [0.1, 0.15) is 18.5 Å². The van der Waals surface area contributed by atoms with E-state index in [1.54, 1.807) is 23.9 Å². The Balaban J connectivity index is 2.04. The van der Waals surface area contributed by atoms with Crippen LogP contribution < -0.4 is 4.90 Å². The van der Waals surface area contributed by atoms with E-state index in [4.69, 9.17) is 0 Å². The van der Waals surface area contributed by atoms with E-state index in [0.29, 0.717) is 5.69 Å². The minimum Gasteiger partial charge on any atom is -0.365 e. The molecule has 2 rings (SSSR count). The Hall–Kier alpha value is -2.43. The highest BCUT2D eigenvalue weighted by Crippen LogP contribution is 2.20. The van der Waals surface area contributed by atoms with Crippen LogP contribution in [-0.2, 0) is 4.79 Å². The summed E-state index contributed by atoms with van der Waals surface area (Å²) in [7, 11) is 3.41. The van der Waals surface area contributed by atoms with Crippen LogP contribution in [0.3, 0.4) is 0 Å². The van der Waals surface area contributed by atoms with Crippen LogP contribution in [0, 0.1) is 11.6 Å². The third-order valence-electron chi connectivity index (χ3n) is 3.97. The zero-order valence-electron chi connectivity index (χ0n) is 13.5. The maximum Gasteiger partial charge on any atom is 0.242 e. The number of carbonyl (C=O) groups excluding carboxylic acids is 1. The molecule has 23 heavy (non-hydrogen) atoms. The molecule has 5 heteroatoms. The number of hydrogen-bond acceptors (Lipinski definition) is 2. The van der Waals surface area contributed by atoms with E-state index < -0.39 is 11.6 Å². The molecule has 0 spiro atoms. The molecule has 0 heterocycles. The average Bonchev–Trinajstić information content (AvgIpc) is 2.56. The first kappa shape index (κ1) is 16.9. The van der Waals surface area contributed by atoms with Gasteiger partial charge < -0.3 is 9.80 Å². The number of carbonyl (C=O) groups is 1. The van der Waals surface area contributed by atoms with Crippen molar-refractivity contribution in [1.82, 2.24) is 4.90 Å². The van der Waals surface area contributed by atoms with Crippen molar-refractivity contribution in [1.29, 1.82) is 0 Å². The van der Waals surface area contributed by atoms with Gasteiger partial charge in [0.1, 0.15) is 0 Å². The van der Waals surface area contributed by atoms with E-state index in [1.165, 1.54) is 6.07 Å². The lowest BCUT2D eigenvalue weighted by molar-refractivity contribution is -0.130. The second-order valence-electron chi connectivity index (χ2n) is 5.55. The maximum atomic E-state index is 13.3. The molecule has 0 saturated heterocycles. The molecule has 2 aromatic carbocycles. The Morgan fingerprint density at radius 2 is 1.70 bits per heavy atom. The number of benzene rings is 2. The first-order chi connectivity index (χ1) is 10.9. The standard InChI is InChI=1S/C18H20F2N2O/c1-13(14-7-5-4-6-8-14)22(3)18(23)12-21(2)15-9-10-16(19)17(20)11-15/h4-11,13H,12H2,1-3H3/t13-/m1/s1. The van der Waals surface area contributed by atoms with Gasteiger partial charge in [-0.05, 0) is 24.6 Å². The fourth-order valence-corrected chi connectivity index (χ4v) is 2.30. The van der Waals surface area contributed by atoms with E-state index in [1.807, 2.05) is 37.3 Å². The predicted molar refractivity (Wildman–Crippen MR) is 87.3 cm³/mol. The fraction of sp³-hybridized carbons (Fsp3) is 0.278. The van der Waals surface area contributed by atoms with Crippen molar-refractivity contribution in [3.8, 4) is 0 Å². The second-order valence-corrected chi connectivity index (χ2v) is 5.55. The largest absolute Gasteiger partial charge is 0.365 e. The first-order valence-electron chi connectivity index (χ1n) is 7.37. The molecule has 0 aliphatic heterocycles.